The number of nitrogens with zero attached hydrogens (tertiary/aromatic N) is 2. The first-order valence-corrected chi connectivity index (χ1v) is 7.91. The summed E-state index contributed by atoms with van der Waals surface area (Å²) in [6, 6.07) is 4.34. The molecule has 1 saturated heterocycles. The van der Waals surface area contributed by atoms with Gasteiger partial charge in [0.2, 0.25) is 0 Å². The van der Waals surface area contributed by atoms with Crippen LogP contribution in [0.1, 0.15) is 29.2 Å². The van der Waals surface area contributed by atoms with Crippen molar-refractivity contribution in [3.8, 4) is 5.75 Å². The second-order valence-corrected chi connectivity index (χ2v) is 6.46. The molecule has 0 saturated carbocycles. The largest absolute Gasteiger partial charge is 0.493 e. The summed E-state index contributed by atoms with van der Waals surface area (Å²) >= 11 is 0. The molecule has 116 valence electrons. The molecule has 2 aliphatic heterocycles. The minimum Gasteiger partial charge on any atom is -0.493 e. The molecule has 0 bridgehead atoms. The number of aryl methyl sites for hydroxylation is 2. The Balaban J connectivity index is 1.85. The number of aliphatic hydroxyl groups excluding tert-OH is 1. The van der Waals surface area contributed by atoms with Crippen LogP contribution in [0.5, 0.6) is 5.75 Å². The highest BCUT2D eigenvalue weighted by Gasteiger charge is 2.33. The van der Waals surface area contributed by atoms with E-state index in [9.17, 15) is 5.11 Å². The number of hydrogen-bond acceptors (Lipinski definition) is 4. The fraction of sp³-hybridized carbons (Fsp3) is 0.647. The molecule has 3 rings (SSSR count). The maximum Gasteiger partial charge on any atom is 0.125 e. The Kier molecular flexibility index (Phi) is 4.20. The normalized spacial score (nSPS) is 27.8. The van der Waals surface area contributed by atoms with Crippen LogP contribution in [0.2, 0.25) is 0 Å². The summed E-state index contributed by atoms with van der Waals surface area (Å²) in [4.78, 5) is 4.77. The third kappa shape index (κ3) is 2.93. The van der Waals surface area contributed by atoms with E-state index in [4.69, 9.17) is 4.74 Å². The van der Waals surface area contributed by atoms with E-state index in [-0.39, 0.29) is 6.04 Å². The number of aliphatic hydroxyl groups is 1. The lowest BCUT2D eigenvalue weighted by Gasteiger charge is -2.39. The quantitative estimate of drug-likeness (QED) is 0.854. The van der Waals surface area contributed by atoms with Crippen LogP contribution in [-0.4, -0.2) is 60.8 Å². The van der Waals surface area contributed by atoms with Crippen LogP contribution in [0, 0.1) is 13.8 Å². The van der Waals surface area contributed by atoms with Gasteiger partial charge in [-0.3, -0.25) is 4.90 Å². The molecule has 0 amide bonds. The third-order valence-corrected chi connectivity index (χ3v) is 4.99. The van der Waals surface area contributed by atoms with Crippen molar-refractivity contribution < 1.29 is 9.84 Å². The summed E-state index contributed by atoms with van der Waals surface area (Å²) in [6.07, 6.45) is 0.433. The van der Waals surface area contributed by atoms with Crippen LogP contribution < -0.4 is 4.74 Å². The fourth-order valence-corrected chi connectivity index (χ4v) is 3.36. The summed E-state index contributed by atoms with van der Waals surface area (Å²) < 4.78 is 5.90. The Morgan fingerprint density at radius 3 is 2.48 bits per heavy atom. The lowest BCUT2D eigenvalue weighted by atomic mass is 9.95. The van der Waals surface area contributed by atoms with Gasteiger partial charge in [-0.25, -0.2) is 0 Å². The lowest BCUT2D eigenvalue weighted by Crippen LogP contribution is -2.50. The minimum absolute atomic E-state index is 0.169. The molecule has 0 spiro atoms. The zero-order valence-corrected chi connectivity index (χ0v) is 13.3. The van der Waals surface area contributed by atoms with Crippen molar-refractivity contribution in [2.45, 2.75) is 32.4 Å². The van der Waals surface area contributed by atoms with Crippen LogP contribution in [0.4, 0.5) is 0 Å². The first kappa shape index (κ1) is 14.8. The highest BCUT2D eigenvalue weighted by atomic mass is 16.5. The monoisotopic (exact) mass is 290 g/mol. The zero-order valence-electron chi connectivity index (χ0n) is 13.3. The van der Waals surface area contributed by atoms with Crippen LogP contribution in [0.15, 0.2) is 12.1 Å². The molecule has 2 heterocycles. The van der Waals surface area contributed by atoms with E-state index in [0.717, 1.165) is 43.9 Å². The van der Waals surface area contributed by atoms with Crippen LogP contribution in [0.3, 0.4) is 0 Å². The average Bonchev–Trinajstić information content (AvgIpc) is 2.61. The molecule has 1 fully saturated rings. The molecule has 0 aromatic heterocycles. The van der Waals surface area contributed by atoms with Crippen LogP contribution in [0.25, 0.3) is 0 Å². The molecule has 4 heteroatoms. The van der Waals surface area contributed by atoms with Gasteiger partial charge >= 0.3 is 0 Å². The van der Waals surface area contributed by atoms with E-state index in [0.29, 0.717) is 6.61 Å². The standard InChI is InChI=1S/C17H26N2O2/c1-12-10-14-16(11-13(12)2)21-9-4-15(17(14)20)19-7-5-18(3)6-8-19/h10-11,15,17,20H,4-9H2,1-3H3/t15?,17-/m0/s1. The van der Waals surface area contributed by atoms with Gasteiger partial charge < -0.3 is 14.7 Å². The third-order valence-electron chi connectivity index (χ3n) is 4.99. The van der Waals surface area contributed by atoms with E-state index >= 15 is 0 Å². The van der Waals surface area contributed by atoms with Crippen molar-refractivity contribution in [2.24, 2.45) is 0 Å². The van der Waals surface area contributed by atoms with Gasteiger partial charge in [0.05, 0.1) is 12.7 Å². The van der Waals surface area contributed by atoms with Crippen molar-refractivity contribution in [3.63, 3.8) is 0 Å². The van der Waals surface area contributed by atoms with Gasteiger partial charge in [-0.2, -0.15) is 0 Å². The Labute approximate surface area is 127 Å². The van der Waals surface area contributed by atoms with Crippen LogP contribution >= 0.6 is 0 Å². The predicted molar refractivity (Wildman–Crippen MR) is 83.8 cm³/mol. The number of piperazine rings is 1. The highest BCUT2D eigenvalue weighted by molar-refractivity contribution is 5.44. The van der Waals surface area contributed by atoms with Crippen molar-refractivity contribution in [3.05, 3.63) is 28.8 Å². The van der Waals surface area contributed by atoms with Gasteiger partial charge in [0.1, 0.15) is 5.75 Å². The molecule has 4 nitrogen and oxygen atoms in total. The molecule has 1 unspecified atom stereocenters. The smallest absolute Gasteiger partial charge is 0.125 e. The summed E-state index contributed by atoms with van der Waals surface area (Å²) in [5, 5.41) is 10.9. The number of benzene rings is 1. The SMILES string of the molecule is Cc1cc2c(cc1C)[C@H](O)C(N1CCN(C)CC1)CCO2. The second kappa shape index (κ2) is 5.95. The molecule has 21 heavy (non-hydrogen) atoms. The molecule has 0 radical (unpaired) electrons. The summed E-state index contributed by atoms with van der Waals surface area (Å²) in [7, 11) is 2.16. The fourth-order valence-electron chi connectivity index (χ4n) is 3.36. The summed E-state index contributed by atoms with van der Waals surface area (Å²) in [5.41, 5.74) is 3.40. The van der Waals surface area contributed by atoms with Crippen molar-refractivity contribution in [2.75, 3.05) is 39.8 Å². The topological polar surface area (TPSA) is 35.9 Å². The Morgan fingerprint density at radius 2 is 1.76 bits per heavy atom. The van der Waals surface area contributed by atoms with Gasteiger partial charge in [-0.15, -0.1) is 0 Å². The Morgan fingerprint density at radius 1 is 1.10 bits per heavy atom. The molecule has 0 aliphatic carbocycles. The number of likely N-dealkylation sites (N-methyl/N-ethyl adjacent to an activating group) is 1. The molecule has 1 aromatic rings. The maximum absolute atomic E-state index is 10.9. The first-order valence-electron chi connectivity index (χ1n) is 7.91. The molecule has 2 aliphatic rings. The molecule has 1 aromatic carbocycles. The van der Waals surface area contributed by atoms with E-state index in [1.807, 2.05) is 0 Å². The van der Waals surface area contributed by atoms with Crippen molar-refractivity contribution >= 4 is 0 Å². The number of hydrogen-bond donors (Lipinski definition) is 1. The zero-order chi connectivity index (χ0) is 15.0. The first-order chi connectivity index (χ1) is 10.1. The number of fused-ring (bicyclic) bond motifs is 1. The second-order valence-electron chi connectivity index (χ2n) is 6.46. The maximum atomic E-state index is 10.9. The van der Waals surface area contributed by atoms with E-state index < -0.39 is 6.10 Å². The van der Waals surface area contributed by atoms with Gasteiger partial charge in [-0.1, -0.05) is 0 Å². The van der Waals surface area contributed by atoms with Gasteiger partial charge in [-0.05, 0) is 50.6 Å². The van der Waals surface area contributed by atoms with Gasteiger partial charge in [0, 0.05) is 37.8 Å². The Hall–Kier alpha value is -1.10. The summed E-state index contributed by atoms with van der Waals surface area (Å²) in [6.45, 7) is 9.07. The summed E-state index contributed by atoms with van der Waals surface area (Å²) in [5.74, 6) is 0.863. The van der Waals surface area contributed by atoms with Crippen molar-refractivity contribution in [1.29, 1.82) is 0 Å². The van der Waals surface area contributed by atoms with Crippen molar-refractivity contribution in [1.82, 2.24) is 9.80 Å². The van der Waals surface area contributed by atoms with Gasteiger partial charge in [0.15, 0.2) is 0 Å². The van der Waals surface area contributed by atoms with E-state index in [2.05, 4.69) is 42.8 Å². The van der Waals surface area contributed by atoms with E-state index in [1.165, 1.54) is 11.1 Å². The van der Waals surface area contributed by atoms with Crippen LogP contribution in [-0.2, 0) is 0 Å². The number of rotatable bonds is 1. The molecular weight excluding hydrogens is 264 g/mol. The molecule has 2 atom stereocenters. The Bertz CT molecular complexity index is 510. The molecule has 1 N–H and O–H groups in total. The highest BCUT2D eigenvalue weighted by Crippen LogP contribution is 2.36. The lowest BCUT2D eigenvalue weighted by molar-refractivity contribution is 0.0191. The molecular formula is C17H26N2O2. The predicted octanol–water partition coefficient (Wildman–Crippen LogP) is 1.74. The average molecular weight is 290 g/mol. The van der Waals surface area contributed by atoms with E-state index in [1.54, 1.807) is 0 Å². The minimum atomic E-state index is -0.454. The van der Waals surface area contributed by atoms with Gasteiger partial charge in [0.25, 0.3) is 0 Å². The number of ether oxygens (including phenoxy) is 1.